The second-order valence-corrected chi connectivity index (χ2v) is 5.77. The molecule has 0 aliphatic heterocycles. The van der Waals surface area contributed by atoms with Gasteiger partial charge in [0, 0.05) is 35.5 Å². The molecule has 0 unspecified atom stereocenters. The Morgan fingerprint density at radius 3 is 2.68 bits per heavy atom. The topological polar surface area (TPSA) is 62.7 Å². The molecule has 0 fully saturated rings. The lowest BCUT2D eigenvalue weighted by Crippen LogP contribution is -2.27. The van der Waals surface area contributed by atoms with Crippen molar-refractivity contribution in [2.45, 2.75) is 6.54 Å². The van der Waals surface area contributed by atoms with Crippen molar-refractivity contribution in [2.24, 2.45) is 0 Å². The summed E-state index contributed by atoms with van der Waals surface area (Å²) in [4.78, 5) is 12.1. The molecule has 0 bridgehead atoms. The lowest BCUT2D eigenvalue weighted by atomic mass is 10.1. The molecule has 1 aromatic carbocycles. The first-order valence-electron chi connectivity index (χ1n) is 6.93. The number of H-pyrrole nitrogens is 1. The summed E-state index contributed by atoms with van der Waals surface area (Å²) in [6.07, 6.45) is 3.93. The van der Waals surface area contributed by atoms with Crippen LogP contribution in [0.25, 0.3) is 11.3 Å². The van der Waals surface area contributed by atoms with Gasteiger partial charge in [-0.25, -0.2) is 0 Å². The zero-order valence-corrected chi connectivity index (χ0v) is 13.4. The molecular formula is C16H15BrN4O. The number of nitrogens with zero attached hydrogens (tertiary/aromatic N) is 2. The van der Waals surface area contributed by atoms with Gasteiger partial charge in [0.25, 0.3) is 5.91 Å². The number of nitrogens with one attached hydrogen (secondary N) is 2. The van der Waals surface area contributed by atoms with Gasteiger partial charge in [-0.05, 0) is 30.3 Å². The average Bonchev–Trinajstić information content (AvgIpc) is 3.19. The molecule has 22 heavy (non-hydrogen) atoms. The second-order valence-electron chi connectivity index (χ2n) is 4.85. The third-order valence-corrected chi connectivity index (χ3v) is 3.81. The summed E-state index contributed by atoms with van der Waals surface area (Å²) in [5, 5.41) is 9.84. The minimum Gasteiger partial charge on any atom is -0.353 e. The quantitative estimate of drug-likeness (QED) is 0.736. The highest BCUT2D eigenvalue weighted by molar-refractivity contribution is 9.10. The number of benzene rings is 1. The molecule has 0 spiro atoms. The van der Waals surface area contributed by atoms with Crippen LogP contribution in [0.5, 0.6) is 0 Å². The highest BCUT2D eigenvalue weighted by Gasteiger charge is 2.10. The predicted molar refractivity (Wildman–Crippen MR) is 88.5 cm³/mol. The molecule has 0 saturated heterocycles. The van der Waals surface area contributed by atoms with Crippen LogP contribution in [-0.2, 0) is 6.54 Å². The number of aromatic amines is 1. The first kappa shape index (κ1) is 14.6. The monoisotopic (exact) mass is 358 g/mol. The Hall–Kier alpha value is -2.34. The maximum absolute atomic E-state index is 12.1. The van der Waals surface area contributed by atoms with Gasteiger partial charge >= 0.3 is 0 Å². The zero-order valence-electron chi connectivity index (χ0n) is 11.8. The van der Waals surface area contributed by atoms with Crippen LogP contribution in [-0.4, -0.2) is 27.2 Å². The minimum atomic E-state index is -0.150. The third kappa shape index (κ3) is 3.46. The van der Waals surface area contributed by atoms with Crippen molar-refractivity contribution in [3.05, 3.63) is 65.0 Å². The average molecular weight is 359 g/mol. The molecule has 1 amide bonds. The van der Waals surface area contributed by atoms with Crippen LogP contribution >= 0.6 is 15.9 Å². The van der Waals surface area contributed by atoms with Crippen LogP contribution in [0.2, 0.25) is 0 Å². The predicted octanol–water partition coefficient (Wildman–Crippen LogP) is 3.07. The number of rotatable bonds is 5. The number of hydrogen-bond donors (Lipinski definition) is 2. The van der Waals surface area contributed by atoms with Crippen LogP contribution in [0.15, 0.2) is 59.3 Å². The van der Waals surface area contributed by atoms with E-state index in [1.165, 1.54) is 0 Å². The van der Waals surface area contributed by atoms with Crippen molar-refractivity contribution < 1.29 is 4.79 Å². The van der Waals surface area contributed by atoms with E-state index in [1.54, 1.807) is 6.07 Å². The molecule has 112 valence electrons. The molecule has 2 aromatic heterocycles. The molecule has 5 nitrogen and oxygen atoms in total. The van der Waals surface area contributed by atoms with Crippen molar-refractivity contribution in [2.75, 3.05) is 6.54 Å². The van der Waals surface area contributed by atoms with Gasteiger partial charge in [0.05, 0.1) is 5.69 Å². The molecule has 3 rings (SSSR count). The number of hydrogen-bond acceptors (Lipinski definition) is 2. The van der Waals surface area contributed by atoms with Crippen LogP contribution < -0.4 is 5.32 Å². The lowest BCUT2D eigenvalue weighted by Gasteiger charge is -2.04. The first-order chi connectivity index (χ1) is 10.7. The Balaban J connectivity index is 1.60. The molecule has 2 N–H and O–H groups in total. The maximum Gasteiger partial charge on any atom is 0.269 e. The van der Waals surface area contributed by atoms with Gasteiger partial charge in [-0.3, -0.25) is 9.89 Å². The van der Waals surface area contributed by atoms with E-state index in [0.717, 1.165) is 22.3 Å². The summed E-state index contributed by atoms with van der Waals surface area (Å²) in [6, 6.07) is 13.5. The minimum absolute atomic E-state index is 0.150. The highest BCUT2D eigenvalue weighted by atomic mass is 79.9. The fourth-order valence-corrected chi connectivity index (χ4v) is 2.38. The molecule has 0 radical (unpaired) electrons. The fraction of sp³-hybridized carbons (Fsp3) is 0.125. The molecule has 6 heteroatoms. The van der Waals surface area contributed by atoms with Gasteiger partial charge in [-0.2, -0.15) is 5.10 Å². The van der Waals surface area contributed by atoms with Crippen molar-refractivity contribution >= 4 is 21.8 Å². The highest BCUT2D eigenvalue weighted by Crippen LogP contribution is 2.20. The zero-order chi connectivity index (χ0) is 15.4. The molecule has 2 heterocycles. The van der Waals surface area contributed by atoms with E-state index in [-0.39, 0.29) is 5.91 Å². The van der Waals surface area contributed by atoms with Gasteiger partial charge in [-0.15, -0.1) is 0 Å². The Morgan fingerprint density at radius 1 is 1.23 bits per heavy atom. The molecule has 3 aromatic rings. The normalized spacial score (nSPS) is 10.6. The van der Waals surface area contributed by atoms with Gasteiger partial charge in [-0.1, -0.05) is 28.1 Å². The van der Waals surface area contributed by atoms with Gasteiger partial charge < -0.3 is 9.88 Å². The largest absolute Gasteiger partial charge is 0.353 e. The Morgan fingerprint density at radius 2 is 1.95 bits per heavy atom. The number of aromatic nitrogens is 3. The van der Waals surface area contributed by atoms with Crippen molar-refractivity contribution in [1.29, 1.82) is 0 Å². The first-order valence-corrected chi connectivity index (χ1v) is 7.72. The molecule has 0 saturated carbocycles. The summed E-state index contributed by atoms with van der Waals surface area (Å²) in [6.45, 7) is 1.31. The SMILES string of the molecule is O=C(NCCn1cccc1)c1cc(-c2ccc(Br)cc2)n[nH]1. The Labute approximate surface area is 136 Å². The standard InChI is InChI=1S/C16H15BrN4O/c17-13-5-3-12(4-6-13)14-11-15(20-19-14)16(22)18-7-10-21-8-1-2-9-21/h1-6,8-9,11H,7,10H2,(H,18,22)(H,19,20). The Kier molecular flexibility index (Phi) is 4.39. The lowest BCUT2D eigenvalue weighted by molar-refractivity contribution is 0.0947. The van der Waals surface area contributed by atoms with E-state index in [1.807, 2.05) is 53.4 Å². The molecular weight excluding hydrogens is 344 g/mol. The van der Waals surface area contributed by atoms with Crippen LogP contribution in [0.1, 0.15) is 10.5 Å². The van der Waals surface area contributed by atoms with E-state index in [4.69, 9.17) is 0 Å². The van der Waals surface area contributed by atoms with E-state index >= 15 is 0 Å². The Bertz CT molecular complexity index is 747. The van der Waals surface area contributed by atoms with Gasteiger partial charge in [0.15, 0.2) is 0 Å². The van der Waals surface area contributed by atoms with Crippen LogP contribution in [0, 0.1) is 0 Å². The van der Waals surface area contributed by atoms with Crippen LogP contribution in [0.3, 0.4) is 0 Å². The molecule has 0 atom stereocenters. The maximum atomic E-state index is 12.1. The summed E-state index contributed by atoms with van der Waals surface area (Å²) in [5.41, 5.74) is 2.18. The second kappa shape index (κ2) is 6.62. The third-order valence-electron chi connectivity index (χ3n) is 3.28. The summed E-state index contributed by atoms with van der Waals surface area (Å²) in [7, 11) is 0. The van der Waals surface area contributed by atoms with Crippen molar-refractivity contribution in [1.82, 2.24) is 20.1 Å². The van der Waals surface area contributed by atoms with Gasteiger partial charge in [0.2, 0.25) is 0 Å². The number of halogens is 1. The van der Waals surface area contributed by atoms with E-state index in [9.17, 15) is 4.79 Å². The molecule has 0 aliphatic carbocycles. The van der Waals surface area contributed by atoms with Crippen molar-refractivity contribution in [3.8, 4) is 11.3 Å². The fourth-order valence-electron chi connectivity index (χ4n) is 2.12. The summed E-state index contributed by atoms with van der Waals surface area (Å²) >= 11 is 3.40. The van der Waals surface area contributed by atoms with E-state index in [2.05, 4.69) is 31.4 Å². The van der Waals surface area contributed by atoms with E-state index < -0.39 is 0 Å². The summed E-state index contributed by atoms with van der Waals surface area (Å²) in [5.74, 6) is -0.150. The molecule has 0 aliphatic rings. The number of carbonyl (C=O) groups excluding carboxylic acids is 1. The smallest absolute Gasteiger partial charge is 0.269 e. The number of amides is 1. The van der Waals surface area contributed by atoms with Gasteiger partial charge in [0.1, 0.15) is 5.69 Å². The van der Waals surface area contributed by atoms with Crippen LogP contribution in [0.4, 0.5) is 0 Å². The summed E-state index contributed by atoms with van der Waals surface area (Å²) < 4.78 is 3.02. The van der Waals surface area contributed by atoms with E-state index in [0.29, 0.717) is 12.2 Å². The number of carbonyl (C=O) groups is 1. The van der Waals surface area contributed by atoms with Crippen molar-refractivity contribution in [3.63, 3.8) is 0 Å².